The van der Waals surface area contributed by atoms with Crippen LogP contribution in [0.2, 0.25) is 0 Å². The number of nitrogens with zero attached hydrogens (tertiary/aromatic N) is 3. The van der Waals surface area contributed by atoms with Crippen LogP contribution in [0.15, 0.2) is 42.7 Å². The smallest absolute Gasteiger partial charge is 0.0896 e. The van der Waals surface area contributed by atoms with Crippen molar-refractivity contribution in [2.24, 2.45) is 0 Å². The van der Waals surface area contributed by atoms with E-state index in [1.807, 2.05) is 16.9 Å². The predicted molar refractivity (Wildman–Crippen MR) is 72.3 cm³/mol. The van der Waals surface area contributed by atoms with Crippen molar-refractivity contribution < 1.29 is 0 Å². The number of hydrogen-bond donors (Lipinski definition) is 1. The second kappa shape index (κ2) is 4.82. The van der Waals surface area contributed by atoms with Crippen molar-refractivity contribution in [3.8, 4) is 0 Å². The van der Waals surface area contributed by atoms with Crippen LogP contribution in [0, 0.1) is 0 Å². The fourth-order valence-electron chi connectivity index (χ4n) is 2.35. The maximum Gasteiger partial charge on any atom is 0.0896 e. The molecule has 1 aromatic carbocycles. The highest BCUT2D eigenvalue weighted by molar-refractivity contribution is 5.32. The van der Waals surface area contributed by atoms with Crippen molar-refractivity contribution >= 4 is 5.69 Å². The highest BCUT2D eigenvalue weighted by atomic mass is 15.3. The molecule has 1 aliphatic heterocycles. The van der Waals surface area contributed by atoms with Gasteiger partial charge in [0.25, 0.3) is 0 Å². The summed E-state index contributed by atoms with van der Waals surface area (Å²) in [5.74, 6) is 0. The van der Waals surface area contributed by atoms with Crippen molar-refractivity contribution in [1.82, 2.24) is 14.7 Å². The van der Waals surface area contributed by atoms with Crippen molar-refractivity contribution in [2.45, 2.75) is 12.5 Å². The van der Waals surface area contributed by atoms with E-state index in [-0.39, 0.29) is 6.04 Å². The standard InChI is InChI=1S/C14H18N4/c15-13-9-16-18(10-13)14(11-17-7-4-8-17)12-5-2-1-3-6-12/h1-3,5-6,9-10,14H,4,7-8,11,15H2. The molecule has 0 bridgehead atoms. The molecule has 2 heterocycles. The molecular formula is C14H18N4. The van der Waals surface area contributed by atoms with Crippen LogP contribution >= 0.6 is 0 Å². The Bertz CT molecular complexity index is 502. The van der Waals surface area contributed by atoms with E-state index in [0.29, 0.717) is 0 Å². The molecule has 0 amide bonds. The summed E-state index contributed by atoms with van der Waals surface area (Å²) in [5.41, 5.74) is 7.78. The van der Waals surface area contributed by atoms with Gasteiger partial charge in [-0.15, -0.1) is 0 Å². The molecule has 1 aliphatic rings. The minimum atomic E-state index is 0.254. The van der Waals surface area contributed by atoms with E-state index in [1.54, 1.807) is 6.20 Å². The Morgan fingerprint density at radius 2 is 2.00 bits per heavy atom. The van der Waals surface area contributed by atoms with Gasteiger partial charge in [-0.05, 0) is 25.1 Å². The molecule has 0 saturated carbocycles. The molecule has 1 unspecified atom stereocenters. The van der Waals surface area contributed by atoms with Crippen LogP contribution in [0.1, 0.15) is 18.0 Å². The number of aromatic nitrogens is 2. The molecule has 0 spiro atoms. The predicted octanol–water partition coefficient (Wildman–Crippen LogP) is 1.76. The molecule has 1 atom stereocenters. The van der Waals surface area contributed by atoms with Gasteiger partial charge in [0, 0.05) is 12.7 Å². The second-order valence-corrected chi connectivity index (χ2v) is 4.83. The molecule has 1 fully saturated rings. The average molecular weight is 242 g/mol. The highest BCUT2D eigenvalue weighted by Crippen LogP contribution is 2.22. The van der Waals surface area contributed by atoms with E-state index in [2.05, 4.69) is 34.3 Å². The largest absolute Gasteiger partial charge is 0.396 e. The van der Waals surface area contributed by atoms with Crippen LogP contribution < -0.4 is 5.73 Å². The van der Waals surface area contributed by atoms with Gasteiger partial charge >= 0.3 is 0 Å². The van der Waals surface area contributed by atoms with Gasteiger partial charge in [0.05, 0.1) is 17.9 Å². The van der Waals surface area contributed by atoms with Crippen LogP contribution in [-0.2, 0) is 0 Å². The van der Waals surface area contributed by atoms with Crippen LogP contribution in [0.4, 0.5) is 5.69 Å². The van der Waals surface area contributed by atoms with Crippen LogP contribution in [0.25, 0.3) is 0 Å². The Labute approximate surface area is 107 Å². The summed E-state index contributed by atoms with van der Waals surface area (Å²) in [7, 11) is 0. The summed E-state index contributed by atoms with van der Waals surface area (Å²) in [4.78, 5) is 2.45. The molecular weight excluding hydrogens is 224 g/mol. The summed E-state index contributed by atoms with van der Waals surface area (Å²) in [6.45, 7) is 3.39. The topological polar surface area (TPSA) is 47.1 Å². The monoisotopic (exact) mass is 242 g/mol. The van der Waals surface area contributed by atoms with Gasteiger partial charge in [0.2, 0.25) is 0 Å². The number of likely N-dealkylation sites (tertiary alicyclic amines) is 1. The number of nitrogen functional groups attached to an aromatic ring is 1. The third-order valence-electron chi connectivity index (χ3n) is 3.50. The number of benzene rings is 1. The lowest BCUT2D eigenvalue weighted by Gasteiger charge is -2.34. The Balaban J connectivity index is 1.87. The van der Waals surface area contributed by atoms with Crippen LogP contribution in [0.5, 0.6) is 0 Å². The molecule has 18 heavy (non-hydrogen) atoms. The first-order valence-corrected chi connectivity index (χ1v) is 6.40. The quantitative estimate of drug-likeness (QED) is 0.888. The lowest BCUT2D eigenvalue weighted by Crippen LogP contribution is -2.41. The first-order valence-electron chi connectivity index (χ1n) is 6.40. The van der Waals surface area contributed by atoms with E-state index in [4.69, 9.17) is 5.73 Å². The molecule has 2 aromatic rings. The molecule has 4 heteroatoms. The second-order valence-electron chi connectivity index (χ2n) is 4.83. The summed E-state index contributed by atoms with van der Waals surface area (Å²) >= 11 is 0. The van der Waals surface area contributed by atoms with Gasteiger partial charge in [-0.3, -0.25) is 4.68 Å². The maximum atomic E-state index is 5.77. The lowest BCUT2D eigenvalue weighted by molar-refractivity contribution is 0.160. The van der Waals surface area contributed by atoms with Crippen molar-refractivity contribution in [3.05, 3.63) is 48.3 Å². The SMILES string of the molecule is Nc1cnn(C(CN2CCC2)c2ccccc2)c1. The molecule has 0 radical (unpaired) electrons. The van der Waals surface area contributed by atoms with Gasteiger partial charge in [0.15, 0.2) is 0 Å². The van der Waals surface area contributed by atoms with Crippen molar-refractivity contribution in [2.75, 3.05) is 25.4 Å². The van der Waals surface area contributed by atoms with E-state index >= 15 is 0 Å². The number of hydrogen-bond acceptors (Lipinski definition) is 3. The Morgan fingerprint density at radius 3 is 2.56 bits per heavy atom. The van der Waals surface area contributed by atoms with Crippen LogP contribution in [0.3, 0.4) is 0 Å². The third-order valence-corrected chi connectivity index (χ3v) is 3.50. The van der Waals surface area contributed by atoms with Crippen molar-refractivity contribution in [3.63, 3.8) is 0 Å². The molecule has 3 rings (SSSR count). The summed E-state index contributed by atoms with van der Waals surface area (Å²) in [6.07, 6.45) is 4.94. The molecule has 0 aliphatic carbocycles. The third kappa shape index (κ3) is 2.24. The minimum Gasteiger partial charge on any atom is -0.396 e. The fourth-order valence-corrected chi connectivity index (χ4v) is 2.35. The number of rotatable bonds is 4. The van der Waals surface area contributed by atoms with E-state index in [9.17, 15) is 0 Å². The molecule has 94 valence electrons. The zero-order chi connectivity index (χ0) is 12.4. The summed E-state index contributed by atoms with van der Waals surface area (Å²) in [6, 6.07) is 10.8. The highest BCUT2D eigenvalue weighted by Gasteiger charge is 2.22. The fraction of sp³-hybridized carbons (Fsp3) is 0.357. The van der Waals surface area contributed by atoms with Gasteiger partial charge in [-0.25, -0.2) is 0 Å². The lowest BCUT2D eigenvalue weighted by atomic mass is 10.0. The van der Waals surface area contributed by atoms with Gasteiger partial charge in [-0.1, -0.05) is 30.3 Å². The zero-order valence-electron chi connectivity index (χ0n) is 10.4. The van der Waals surface area contributed by atoms with Crippen LogP contribution in [-0.4, -0.2) is 34.3 Å². The zero-order valence-corrected chi connectivity index (χ0v) is 10.4. The van der Waals surface area contributed by atoms with E-state index in [1.165, 1.54) is 25.1 Å². The normalized spacial score (nSPS) is 17.3. The Morgan fingerprint density at radius 1 is 1.22 bits per heavy atom. The number of nitrogens with two attached hydrogens (primary N) is 1. The Hall–Kier alpha value is -1.81. The molecule has 1 aromatic heterocycles. The first kappa shape index (κ1) is 11.3. The average Bonchev–Trinajstić information content (AvgIpc) is 2.75. The van der Waals surface area contributed by atoms with E-state index < -0.39 is 0 Å². The molecule has 2 N–H and O–H groups in total. The van der Waals surface area contributed by atoms with E-state index in [0.717, 1.165) is 12.2 Å². The summed E-state index contributed by atoms with van der Waals surface area (Å²) in [5, 5.41) is 4.37. The van der Waals surface area contributed by atoms with Crippen molar-refractivity contribution in [1.29, 1.82) is 0 Å². The Kier molecular flexibility index (Phi) is 3.02. The summed E-state index contributed by atoms with van der Waals surface area (Å²) < 4.78 is 1.98. The molecule has 1 saturated heterocycles. The number of anilines is 1. The first-order chi connectivity index (χ1) is 8.83. The van der Waals surface area contributed by atoms with Gasteiger partial charge < -0.3 is 10.6 Å². The molecule has 4 nitrogen and oxygen atoms in total. The van der Waals surface area contributed by atoms with Gasteiger partial charge in [0.1, 0.15) is 0 Å². The van der Waals surface area contributed by atoms with Gasteiger partial charge in [-0.2, -0.15) is 5.10 Å². The minimum absolute atomic E-state index is 0.254. The maximum absolute atomic E-state index is 5.77.